The van der Waals surface area contributed by atoms with Gasteiger partial charge in [-0.1, -0.05) is 24.3 Å². The molecule has 1 aliphatic rings. The summed E-state index contributed by atoms with van der Waals surface area (Å²) < 4.78 is 27.3. The van der Waals surface area contributed by atoms with Gasteiger partial charge in [0.25, 0.3) is 0 Å². The molecule has 4 rings (SSSR count). The van der Waals surface area contributed by atoms with Gasteiger partial charge in [0, 0.05) is 58.5 Å². The number of hydrogen-bond donors (Lipinski definition) is 0. The molecule has 194 valence electrons. The van der Waals surface area contributed by atoms with E-state index in [1.165, 1.54) is 24.3 Å². The van der Waals surface area contributed by atoms with E-state index in [0.29, 0.717) is 12.1 Å². The van der Waals surface area contributed by atoms with Gasteiger partial charge in [-0.15, -0.1) is 0 Å². The van der Waals surface area contributed by atoms with Gasteiger partial charge in [0.1, 0.15) is 11.6 Å². The standard InChI is InChI=1S/C30H35F2N5/c1-34(2)14-15-35(3)29-13-8-25(21-33)26(20-29)22-36-16-18-37(19-17-36)30(23-4-9-27(31)10-5-23)24-6-11-28(32)12-7-24/h4-13,20,30H,14-19,22H2,1-3H3. The molecule has 0 N–H and O–H groups in total. The van der Waals surface area contributed by atoms with Crippen molar-refractivity contribution in [2.75, 3.05) is 65.3 Å². The second-order valence-electron chi connectivity index (χ2n) is 10.00. The fourth-order valence-corrected chi connectivity index (χ4v) is 4.86. The van der Waals surface area contributed by atoms with Crippen molar-refractivity contribution in [2.24, 2.45) is 0 Å². The van der Waals surface area contributed by atoms with Crippen molar-refractivity contribution in [3.8, 4) is 6.07 Å². The minimum atomic E-state index is -0.269. The lowest BCUT2D eigenvalue weighted by Gasteiger charge is -2.40. The van der Waals surface area contributed by atoms with Crippen molar-refractivity contribution in [1.29, 1.82) is 5.26 Å². The number of rotatable bonds is 9. The van der Waals surface area contributed by atoms with Crippen LogP contribution in [-0.4, -0.2) is 75.1 Å². The first-order valence-electron chi connectivity index (χ1n) is 12.7. The summed E-state index contributed by atoms with van der Waals surface area (Å²) in [6.45, 7) is 5.87. The van der Waals surface area contributed by atoms with Crippen molar-refractivity contribution in [3.63, 3.8) is 0 Å². The molecular weight excluding hydrogens is 468 g/mol. The normalized spacial score (nSPS) is 14.8. The number of benzene rings is 3. The molecule has 0 saturated carbocycles. The second-order valence-corrected chi connectivity index (χ2v) is 10.00. The number of piperazine rings is 1. The van der Waals surface area contributed by atoms with E-state index >= 15 is 0 Å². The molecular formula is C30H35F2N5. The van der Waals surface area contributed by atoms with Crippen LogP contribution in [0.3, 0.4) is 0 Å². The minimum absolute atomic E-state index is 0.0771. The van der Waals surface area contributed by atoms with Gasteiger partial charge in [0.2, 0.25) is 0 Å². The first-order valence-corrected chi connectivity index (χ1v) is 12.7. The third kappa shape index (κ3) is 6.92. The molecule has 3 aromatic rings. The predicted molar refractivity (Wildman–Crippen MR) is 144 cm³/mol. The number of hydrogen-bond acceptors (Lipinski definition) is 5. The zero-order valence-corrected chi connectivity index (χ0v) is 21.9. The van der Waals surface area contributed by atoms with Gasteiger partial charge in [0.05, 0.1) is 17.7 Å². The Hall–Kier alpha value is -3.31. The molecule has 0 amide bonds. The fourth-order valence-electron chi connectivity index (χ4n) is 4.86. The van der Waals surface area contributed by atoms with E-state index in [2.05, 4.69) is 52.9 Å². The summed E-state index contributed by atoms with van der Waals surface area (Å²) in [6, 6.07) is 21.5. The van der Waals surface area contributed by atoms with Crippen LogP contribution in [0.15, 0.2) is 66.7 Å². The predicted octanol–water partition coefficient (Wildman–Crippen LogP) is 4.74. The third-order valence-electron chi connectivity index (χ3n) is 7.07. The fraction of sp³-hybridized carbons (Fsp3) is 0.367. The van der Waals surface area contributed by atoms with Gasteiger partial charge in [-0.3, -0.25) is 9.80 Å². The number of nitrogens with zero attached hydrogens (tertiary/aromatic N) is 5. The third-order valence-corrected chi connectivity index (χ3v) is 7.07. The van der Waals surface area contributed by atoms with E-state index in [1.807, 2.05) is 36.4 Å². The average Bonchev–Trinajstić information content (AvgIpc) is 2.90. The van der Waals surface area contributed by atoms with Crippen molar-refractivity contribution in [2.45, 2.75) is 12.6 Å². The largest absolute Gasteiger partial charge is 0.373 e. The molecule has 0 bridgehead atoms. The number of nitriles is 1. The van der Waals surface area contributed by atoms with E-state index in [1.54, 1.807) is 0 Å². The van der Waals surface area contributed by atoms with E-state index in [0.717, 1.165) is 61.6 Å². The van der Waals surface area contributed by atoms with Crippen LogP contribution in [0.4, 0.5) is 14.5 Å². The highest BCUT2D eigenvalue weighted by molar-refractivity contribution is 5.53. The molecule has 3 aromatic carbocycles. The van der Waals surface area contributed by atoms with Crippen LogP contribution in [0.2, 0.25) is 0 Å². The number of likely N-dealkylation sites (N-methyl/N-ethyl adjacent to an activating group) is 2. The number of anilines is 1. The molecule has 0 atom stereocenters. The maximum Gasteiger partial charge on any atom is 0.123 e. The second kappa shape index (κ2) is 12.3. The van der Waals surface area contributed by atoms with Gasteiger partial charge >= 0.3 is 0 Å². The van der Waals surface area contributed by atoms with Gasteiger partial charge in [-0.25, -0.2) is 8.78 Å². The average molecular weight is 504 g/mol. The Kier molecular flexibility index (Phi) is 8.88. The van der Waals surface area contributed by atoms with Crippen molar-refractivity contribution in [3.05, 3.63) is 101 Å². The quantitative estimate of drug-likeness (QED) is 0.422. The summed E-state index contributed by atoms with van der Waals surface area (Å²) in [5.74, 6) is -0.538. The smallest absolute Gasteiger partial charge is 0.123 e. The molecule has 1 aliphatic heterocycles. The molecule has 5 nitrogen and oxygen atoms in total. The number of halogens is 2. The molecule has 0 spiro atoms. The summed E-state index contributed by atoms with van der Waals surface area (Å²) in [7, 11) is 6.21. The molecule has 1 fully saturated rings. The Labute approximate surface area is 219 Å². The summed E-state index contributed by atoms with van der Waals surface area (Å²) in [5, 5.41) is 9.71. The monoisotopic (exact) mass is 503 g/mol. The molecule has 0 aromatic heterocycles. The highest BCUT2D eigenvalue weighted by Crippen LogP contribution is 2.30. The van der Waals surface area contributed by atoms with Crippen molar-refractivity contribution >= 4 is 5.69 Å². The summed E-state index contributed by atoms with van der Waals surface area (Å²) in [4.78, 5) is 9.13. The van der Waals surface area contributed by atoms with Gasteiger partial charge in [-0.2, -0.15) is 5.26 Å². The lowest BCUT2D eigenvalue weighted by Crippen LogP contribution is -2.47. The van der Waals surface area contributed by atoms with Crippen LogP contribution in [0.5, 0.6) is 0 Å². The Bertz CT molecular complexity index is 1150. The van der Waals surface area contributed by atoms with Crippen LogP contribution in [0.1, 0.15) is 28.3 Å². The Morgan fingerprint density at radius 3 is 1.89 bits per heavy atom. The molecule has 0 unspecified atom stereocenters. The summed E-state index contributed by atoms with van der Waals surface area (Å²) in [5.41, 5.74) is 4.84. The lowest BCUT2D eigenvalue weighted by atomic mass is 9.96. The molecule has 0 radical (unpaired) electrons. The topological polar surface area (TPSA) is 36.8 Å². The van der Waals surface area contributed by atoms with Crippen LogP contribution in [-0.2, 0) is 6.54 Å². The van der Waals surface area contributed by atoms with Gasteiger partial charge in [-0.05, 0) is 73.3 Å². The highest BCUT2D eigenvalue weighted by atomic mass is 19.1. The Balaban J connectivity index is 1.47. The first kappa shape index (κ1) is 26.7. The SMILES string of the molecule is CN(C)CCN(C)c1ccc(C#N)c(CN2CCN(C(c3ccc(F)cc3)c3ccc(F)cc3)CC2)c1. The molecule has 0 aliphatic carbocycles. The van der Waals surface area contributed by atoms with E-state index < -0.39 is 0 Å². The van der Waals surface area contributed by atoms with Crippen LogP contribution in [0, 0.1) is 23.0 Å². The van der Waals surface area contributed by atoms with E-state index in [9.17, 15) is 14.0 Å². The van der Waals surface area contributed by atoms with Gasteiger partial charge in [0.15, 0.2) is 0 Å². The van der Waals surface area contributed by atoms with Crippen molar-refractivity contribution < 1.29 is 8.78 Å². The Morgan fingerprint density at radius 1 is 0.811 bits per heavy atom. The van der Waals surface area contributed by atoms with E-state index in [4.69, 9.17) is 0 Å². The Morgan fingerprint density at radius 2 is 1.38 bits per heavy atom. The van der Waals surface area contributed by atoms with Crippen LogP contribution in [0.25, 0.3) is 0 Å². The maximum atomic E-state index is 13.6. The summed E-state index contributed by atoms with van der Waals surface area (Å²) >= 11 is 0. The lowest BCUT2D eigenvalue weighted by molar-refractivity contribution is 0.105. The highest BCUT2D eigenvalue weighted by Gasteiger charge is 2.27. The zero-order chi connectivity index (χ0) is 26.4. The van der Waals surface area contributed by atoms with Crippen LogP contribution < -0.4 is 4.90 Å². The first-order chi connectivity index (χ1) is 17.8. The van der Waals surface area contributed by atoms with Gasteiger partial charge < -0.3 is 9.80 Å². The van der Waals surface area contributed by atoms with E-state index in [-0.39, 0.29) is 17.7 Å². The van der Waals surface area contributed by atoms with Crippen molar-refractivity contribution in [1.82, 2.24) is 14.7 Å². The zero-order valence-electron chi connectivity index (χ0n) is 21.9. The summed E-state index contributed by atoms with van der Waals surface area (Å²) in [6.07, 6.45) is 0. The molecule has 1 heterocycles. The maximum absolute atomic E-state index is 13.6. The molecule has 1 saturated heterocycles. The van der Waals surface area contributed by atoms with Crippen LogP contribution >= 0.6 is 0 Å². The molecule has 37 heavy (non-hydrogen) atoms. The minimum Gasteiger partial charge on any atom is -0.373 e. The molecule has 7 heteroatoms.